The molecule has 1 saturated heterocycles. The molecule has 1 aliphatic rings. The summed E-state index contributed by atoms with van der Waals surface area (Å²) >= 11 is 0. The van der Waals surface area contributed by atoms with Crippen LogP contribution in [-0.4, -0.2) is 45.2 Å². The Morgan fingerprint density at radius 3 is 2.50 bits per heavy atom. The van der Waals surface area contributed by atoms with Crippen LogP contribution in [0.3, 0.4) is 0 Å². The highest BCUT2D eigenvalue weighted by Crippen LogP contribution is 2.31. The second-order valence-corrected chi connectivity index (χ2v) is 4.38. The number of methoxy groups -OCH3 is 1. The van der Waals surface area contributed by atoms with Crippen LogP contribution >= 0.6 is 0 Å². The van der Waals surface area contributed by atoms with E-state index in [1.807, 2.05) is 18.0 Å². The van der Waals surface area contributed by atoms with Gasteiger partial charge in [0, 0.05) is 26.2 Å². The summed E-state index contributed by atoms with van der Waals surface area (Å²) in [6.07, 6.45) is 0. The summed E-state index contributed by atoms with van der Waals surface area (Å²) in [5.74, 6) is -0.407. The van der Waals surface area contributed by atoms with Crippen LogP contribution in [0.15, 0.2) is 12.1 Å². The normalized spacial score (nSPS) is 16.4. The van der Waals surface area contributed by atoms with Crippen LogP contribution in [0.4, 0.5) is 10.1 Å². The number of halogens is 1. The second-order valence-electron chi connectivity index (χ2n) is 4.38. The molecular formula is C13H16FN3O. The summed E-state index contributed by atoms with van der Waals surface area (Å²) in [5, 5.41) is 8.89. The zero-order chi connectivity index (χ0) is 13.1. The zero-order valence-corrected chi connectivity index (χ0v) is 10.6. The van der Waals surface area contributed by atoms with Crippen molar-refractivity contribution in [1.29, 1.82) is 5.26 Å². The van der Waals surface area contributed by atoms with Crippen molar-refractivity contribution in [3.8, 4) is 11.8 Å². The average molecular weight is 249 g/mol. The largest absolute Gasteiger partial charge is 0.492 e. The number of ether oxygens (including phenoxy) is 1. The van der Waals surface area contributed by atoms with Gasteiger partial charge in [-0.1, -0.05) is 0 Å². The Labute approximate surface area is 106 Å². The molecule has 0 aliphatic carbocycles. The molecule has 0 spiro atoms. The van der Waals surface area contributed by atoms with Gasteiger partial charge in [0.05, 0.1) is 18.4 Å². The fraction of sp³-hybridized carbons (Fsp3) is 0.462. The van der Waals surface area contributed by atoms with Gasteiger partial charge < -0.3 is 14.5 Å². The summed E-state index contributed by atoms with van der Waals surface area (Å²) in [6.45, 7) is 3.37. The molecule has 0 bridgehead atoms. The van der Waals surface area contributed by atoms with Gasteiger partial charge in [-0.25, -0.2) is 4.39 Å². The lowest BCUT2D eigenvalue weighted by atomic mass is 10.1. The SMILES string of the molecule is COc1c(C#N)ccc(N2CCN(C)CC2)c1F. The van der Waals surface area contributed by atoms with Gasteiger partial charge in [-0.3, -0.25) is 0 Å². The van der Waals surface area contributed by atoms with Gasteiger partial charge in [0.2, 0.25) is 0 Å². The third-order valence-corrected chi connectivity index (χ3v) is 3.25. The van der Waals surface area contributed by atoms with Crippen molar-refractivity contribution in [3.05, 3.63) is 23.5 Å². The van der Waals surface area contributed by atoms with Gasteiger partial charge in [0.1, 0.15) is 6.07 Å². The fourth-order valence-electron chi connectivity index (χ4n) is 2.12. The van der Waals surface area contributed by atoms with Crippen molar-refractivity contribution >= 4 is 5.69 Å². The van der Waals surface area contributed by atoms with Gasteiger partial charge in [0.15, 0.2) is 11.6 Å². The van der Waals surface area contributed by atoms with Crippen molar-refractivity contribution in [2.45, 2.75) is 0 Å². The predicted octanol–water partition coefficient (Wildman–Crippen LogP) is 1.46. The molecule has 18 heavy (non-hydrogen) atoms. The van der Waals surface area contributed by atoms with Gasteiger partial charge in [-0.2, -0.15) is 5.26 Å². The Balaban J connectivity index is 2.32. The standard InChI is InChI=1S/C13H16FN3O/c1-16-5-7-17(8-6-16)11-4-3-10(9-15)13(18-2)12(11)14/h3-4H,5-8H2,1-2H3. The summed E-state index contributed by atoms with van der Waals surface area (Å²) in [5.41, 5.74) is 0.742. The first-order valence-corrected chi connectivity index (χ1v) is 5.87. The predicted molar refractivity (Wildman–Crippen MR) is 67.4 cm³/mol. The highest BCUT2D eigenvalue weighted by atomic mass is 19.1. The number of piperazine rings is 1. The second kappa shape index (κ2) is 5.23. The van der Waals surface area contributed by atoms with E-state index in [4.69, 9.17) is 10.00 Å². The lowest BCUT2D eigenvalue weighted by molar-refractivity contribution is 0.311. The number of benzene rings is 1. The molecule has 0 radical (unpaired) electrons. The van der Waals surface area contributed by atoms with Gasteiger partial charge in [-0.05, 0) is 19.2 Å². The quantitative estimate of drug-likeness (QED) is 0.795. The number of nitrogens with zero attached hydrogens (tertiary/aromatic N) is 3. The number of likely N-dealkylation sites (N-methyl/N-ethyl adjacent to an activating group) is 1. The maximum absolute atomic E-state index is 14.3. The topological polar surface area (TPSA) is 39.5 Å². The number of anilines is 1. The molecule has 0 amide bonds. The van der Waals surface area contributed by atoms with E-state index in [-0.39, 0.29) is 11.3 Å². The number of nitriles is 1. The first kappa shape index (κ1) is 12.7. The van der Waals surface area contributed by atoms with Crippen LogP contribution in [0.5, 0.6) is 5.75 Å². The maximum atomic E-state index is 14.3. The molecule has 1 heterocycles. The van der Waals surface area contributed by atoms with E-state index >= 15 is 0 Å². The van der Waals surface area contributed by atoms with E-state index in [1.165, 1.54) is 7.11 Å². The minimum Gasteiger partial charge on any atom is -0.492 e. The van der Waals surface area contributed by atoms with Crippen LogP contribution in [0.2, 0.25) is 0 Å². The highest BCUT2D eigenvalue weighted by molar-refractivity contribution is 5.58. The average Bonchev–Trinajstić information content (AvgIpc) is 2.39. The number of rotatable bonds is 2. The molecule has 1 aliphatic heterocycles. The summed E-state index contributed by atoms with van der Waals surface area (Å²) in [4.78, 5) is 4.19. The lowest BCUT2D eigenvalue weighted by Gasteiger charge is -2.34. The third kappa shape index (κ3) is 2.24. The van der Waals surface area contributed by atoms with E-state index < -0.39 is 5.82 Å². The Hall–Kier alpha value is -1.80. The molecular weight excluding hydrogens is 233 g/mol. The van der Waals surface area contributed by atoms with Crippen LogP contribution in [0.1, 0.15) is 5.56 Å². The first-order valence-electron chi connectivity index (χ1n) is 5.87. The monoisotopic (exact) mass is 249 g/mol. The Kier molecular flexibility index (Phi) is 3.68. The van der Waals surface area contributed by atoms with Crippen LogP contribution in [0, 0.1) is 17.1 Å². The van der Waals surface area contributed by atoms with Crippen LogP contribution in [-0.2, 0) is 0 Å². The van der Waals surface area contributed by atoms with Gasteiger partial charge in [0.25, 0.3) is 0 Å². The maximum Gasteiger partial charge on any atom is 0.189 e. The first-order chi connectivity index (χ1) is 8.67. The number of hydrogen-bond donors (Lipinski definition) is 0. The molecule has 5 heteroatoms. The third-order valence-electron chi connectivity index (χ3n) is 3.25. The van der Waals surface area contributed by atoms with Gasteiger partial charge in [-0.15, -0.1) is 0 Å². The Bertz CT molecular complexity index is 476. The summed E-state index contributed by atoms with van der Waals surface area (Å²) in [7, 11) is 3.43. The van der Waals surface area contributed by atoms with E-state index in [9.17, 15) is 4.39 Å². The van der Waals surface area contributed by atoms with Crippen LogP contribution < -0.4 is 9.64 Å². The van der Waals surface area contributed by atoms with Crippen molar-refractivity contribution in [1.82, 2.24) is 4.90 Å². The molecule has 0 atom stereocenters. The minimum atomic E-state index is -0.443. The van der Waals surface area contributed by atoms with E-state index in [2.05, 4.69) is 4.90 Å². The van der Waals surface area contributed by atoms with Crippen molar-refractivity contribution in [2.75, 3.05) is 45.2 Å². The fourth-order valence-corrected chi connectivity index (χ4v) is 2.12. The smallest absolute Gasteiger partial charge is 0.189 e. The molecule has 0 aromatic heterocycles. The molecule has 0 saturated carbocycles. The zero-order valence-electron chi connectivity index (χ0n) is 10.6. The molecule has 4 nitrogen and oxygen atoms in total. The van der Waals surface area contributed by atoms with Gasteiger partial charge >= 0.3 is 0 Å². The molecule has 0 unspecified atom stereocenters. The Morgan fingerprint density at radius 2 is 1.94 bits per heavy atom. The molecule has 0 N–H and O–H groups in total. The van der Waals surface area contributed by atoms with Crippen LogP contribution in [0.25, 0.3) is 0 Å². The highest BCUT2D eigenvalue weighted by Gasteiger charge is 2.21. The molecule has 2 rings (SSSR count). The summed E-state index contributed by atoms with van der Waals surface area (Å²) < 4.78 is 19.3. The Morgan fingerprint density at radius 1 is 1.28 bits per heavy atom. The van der Waals surface area contributed by atoms with Crippen molar-refractivity contribution < 1.29 is 9.13 Å². The van der Waals surface area contributed by atoms with E-state index in [0.717, 1.165) is 26.2 Å². The number of hydrogen-bond acceptors (Lipinski definition) is 4. The van der Waals surface area contributed by atoms with Crippen molar-refractivity contribution in [3.63, 3.8) is 0 Å². The van der Waals surface area contributed by atoms with E-state index in [0.29, 0.717) is 5.69 Å². The molecule has 1 fully saturated rings. The molecule has 1 aromatic carbocycles. The van der Waals surface area contributed by atoms with E-state index in [1.54, 1.807) is 12.1 Å². The lowest BCUT2D eigenvalue weighted by Crippen LogP contribution is -2.44. The molecule has 1 aromatic rings. The molecule has 96 valence electrons. The van der Waals surface area contributed by atoms with Crippen molar-refractivity contribution in [2.24, 2.45) is 0 Å². The minimum absolute atomic E-state index is 0.0360. The summed E-state index contributed by atoms with van der Waals surface area (Å²) in [6, 6.07) is 5.19.